The lowest BCUT2D eigenvalue weighted by atomic mass is 9.82. The zero-order chi connectivity index (χ0) is 40.4. The van der Waals surface area contributed by atoms with Crippen LogP contribution in [0.15, 0.2) is 192 Å². The number of furan rings is 1. The van der Waals surface area contributed by atoms with E-state index in [-0.39, 0.29) is 5.41 Å². The van der Waals surface area contributed by atoms with E-state index in [4.69, 9.17) is 4.42 Å². The van der Waals surface area contributed by atoms with Gasteiger partial charge in [0.2, 0.25) is 0 Å². The van der Waals surface area contributed by atoms with Gasteiger partial charge in [-0.25, -0.2) is 0 Å². The molecule has 2 nitrogen and oxygen atoms in total. The normalized spacial score (nSPS) is 13.2. The molecule has 0 unspecified atom stereocenters. The van der Waals surface area contributed by atoms with Gasteiger partial charge in [-0.15, -0.1) is 22.7 Å². The second-order valence-electron chi connectivity index (χ2n) is 16.8. The predicted molar refractivity (Wildman–Crippen MR) is 263 cm³/mol. The zero-order valence-electron chi connectivity index (χ0n) is 33.6. The molecule has 1 aliphatic carbocycles. The average molecular weight is 816 g/mol. The van der Waals surface area contributed by atoms with Crippen molar-refractivity contribution in [3.8, 4) is 33.4 Å². The smallest absolute Gasteiger partial charge is 0.143 e. The lowest BCUT2D eigenvalue weighted by Crippen LogP contribution is -2.16. The predicted octanol–water partition coefficient (Wildman–Crippen LogP) is 17.4. The van der Waals surface area contributed by atoms with Gasteiger partial charge >= 0.3 is 0 Å². The van der Waals surface area contributed by atoms with Crippen molar-refractivity contribution in [2.24, 2.45) is 0 Å². The Morgan fingerprint density at radius 1 is 0.410 bits per heavy atom. The second kappa shape index (κ2) is 13.0. The summed E-state index contributed by atoms with van der Waals surface area (Å²) in [6, 6.07) is 69.1. The van der Waals surface area contributed by atoms with Gasteiger partial charge in [0.05, 0.1) is 0 Å². The minimum Gasteiger partial charge on any atom is -0.455 e. The third-order valence-electron chi connectivity index (χ3n) is 13.1. The molecule has 0 saturated carbocycles. The number of anilines is 3. The van der Waals surface area contributed by atoms with Crippen molar-refractivity contribution < 1.29 is 4.42 Å². The maximum Gasteiger partial charge on any atom is 0.143 e. The van der Waals surface area contributed by atoms with Crippen LogP contribution >= 0.6 is 22.7 Å². The molecule has 9 aromatic carbocycles. The first kappa shape index (κ1) is 34.8. The highest BCUT2D eigenvalue weighted by Crippen LogP contribution is 2.55. The van der Waals surface area contributed by atoms with Gasteiger partial charge in [-0.2, -0.15) is 0 Å². The second-order valence-corrected chi connectivity index (χ2v) is 18.9. The molecule has 0 spiro atoms. The lowest BCUT2D eigenvalue weighted by molar-refractivity contribution is 0.661. The van der Waals surface area contributed by atoms with E-state index < -0.39 is 0 Å². The number of para-hydroxylation sites is 2. The van der Waals surface area contributed by atoms with Crippen LogP contribution < -0.4 is 4.90 Å². The van der Waals surface area contributed by atoms with E-state index in [9.17, 15) is 0 Å². The molecule has 4 heteroatoms. The van der Waals surface area contributed by atoms with E-state index in [0.717, 1.165) is 50.1 Å². The lowest BCUT2D eigenvalue weighted by Gasteiger charge is -2.28. The first-order valence-electron chi connectivity index (χ1n) is 20.9. The summed E-state index contributed by atoms with van der Waals surface area (Å²) < 4.78 is 11.8. The van der Waals surface area contributed by atoms with Gasteiger partial charge in [-0.1, -0.05) is 147 Å². The van der Waals surface area contributed by atoms with Gasteiger partial charge in [0.15, 0.2) is 0 Å². The summed E-state index contributed by atoms with van der Waals surface area (Å²) in [5, 5.41) is 7.60. The molecule has 0 aliphatic heterocycles. The molecule has 0 radical (unpaired) electrons. The van der Waals surface area contributed by atoms with Crippen molar-refractivity contribution in [1.29, 1.82) is 0 Å². The highest BCUT2D eigenvalue weighted by Gasteiger charge is 2.38. The Hall–Kier alpha value is -6.98. The van der Waals surface area contributed by atoms with Crippen molar-refractivity contribution in [2.75, 3.05) is 4.90 Å². The molecule has 13 rings (SSSR count). The Morgan fingerprint density at radius 2 is 0.967 bits per heavy atom. The summed E-state index contributed by atoms with van der Waals surface area (Å²) >= 11 is 3.80. The van der Waals surface area contributed by atoms with E-state index >= 15 is 0 Å². The van der Waals surface area contributed by atoms with E-state index in [1.165, 1.54) is 73.7 Å². The van der Waals surface area contributed by atoms with Crippen LogP contribution in [0.5, 0.6) is 0 Å². The molecule has 3 heterocycles. The van der Waals surface area contributed by atoms with Crippen LogP contribution in [0.3, 0.4) is 0 Å². The third-order valence-corrected chi connectivity index (χ3v) is 15.5. The number of nitrogens with zero attached hydrogens (tertiary/aromatic N) is 1. The minimum absolute atomic E-state index is 0.168. The molecule has 1 aliphatic rings. The summed E-state index contributed by atoms with van der Waals surface area (Å²) in [6.07, 6.45) is 0. The molecule has 0 saturated heterocycles. The van der Waals surface area contributed by atoms with Crippen LogP contribution in [-0.4, -0.2) is 0 Å². The van der Waals surface area contributed by atoms with E-state index in [1.807, 2.05) is 28.7 Å². The molecule has 0 N–H and O–H groups in total. The SMILES string of the molecule is CC1(C)c2cc(N(c3ccc(-c4cccc5c4oc4ccccc45)cc3)c3ccc(-c4cccc5c4sc4ccccc45)cc3)ccc2-c2c1ccc1c2sc2ccccc21. The monoisotopic (exact) mass is 815 g/mol. The van der Waals surface area contributed by atoms with Gasteiger partial charge in [0.25, 0.3) is 0 Å². The number of rotatable bonds is 5. The topological polar surface area (TPSA) is 16.4 Å². The van der Waals surface area contributed by atoms with Crippen molar-refractivity contribution >= 4 is 102 Å². The number of benzene rings is 9. The molecule has 61 heavy (non-hydrogen) atoms. The van der Waals surface area contributed by atoms with Crippen LogP contribution in [0, 0.1) is 0 Å². The first-order valence-corrected chi connectivity index (χ1v) is 22.5. The molecule has 3 aromatic heterocycles. The quantitative estimate of drug-likeness (QED) is 0.172. The molecule has 0 amide bonds. The maximum atomic E-state index is 6.47. The van der Waals surface area contributed by atoms with Gasteiger partial charge < -0.3 is 9.32 Å². The molecule has 0 bridgehead atoms. The Kier molecular flexibility index (Phi) is 7.43. The van der Waals surface area contributed by atoms with E-state index in [0.29, 0.717) is 0 Å². The van der Waals surface area contributed by atoms with Crippen LogP contribution in [0.1, 0.15) is 25.0 Å². The Morgan fingerprint density at radius 3 is 1.69 bits per heavy atom. The van der Waals surface area contributed by atoms with Crippen LogP contribution in [0.25, 0.3) is 95.7 Å². The Labute approximate surface area is 361 Å². The molecular formula is C57H37NOS2. The van der Waals surface area contributed by atoms with E-state index in [1.54, 1.807) is 0 Å². The summed E-state index contributed by atoms with van der Waals surface area (Å²) in [5.41, 5.74) is 15.2. The van der Waals surface area contributed by atoms with Crippen LogP contribution in [-0.2, 0) is 5.41 Å². The first-order chi connectivity index (χ1) is 30.0. The Bertz CT molecular complexity index is 3580. The molecule has 0 fully saturated rings. The Balaban J connectivity index is 0.956. The average Bonchev–Trinajstić information content (AvgIpc) is 4.05. The standard InChI is InChI=1S/C57H37NOS2/c1-57(2)48-32-31-46-43-13-5-8-20-52(43)61-56(46)53(48)47-30-29-38(33-49(47)57)58(36-25-21-34(22-26-36)39-14-9-16-44-41-11-3-6-18-50(41)59-54(39)44)37-27-23-35(24-28-37)40-15-10-17-45-42-12-4-7-19-51(42)60-55(40)45/h3-33H,1-2H3. The third kappa shape index (κ3) is 5.13. The van der Waals surface area contributed by atoms with Crippen LogP contribution in [0.4, 0.5) is 17.1 Å². The highest BCUT2D eigenvalue weighted by atomic mass is 32.1. The highest BCUT2D eigenvalue weighted by molar-refractivity contribution is 7.26. The van der Waals surface area contributed by atoms with Crippen molar-refractivity contribution in [1.82, 2.24) is 0 Å². The number of thiophene rings is 2. The van der Waals surface area contributed by atoms with Gasteiger partial charge in [-0.3, -0.25) is 0 Å². The fourth-order valence-corrected chi connectivity index (χ4v) is 12.6. The molecule has 12 aromatic rings. The van der Waals surface area contributed by atoms with Gasteiger partial charge in [0, 0.05) is 84.7 Å². The maximum absolute atomic E-state index is 6.47. The van der Waals surface area contributed by atoms with Crippen molar-refractivity contribution in [2.45, 2.75) is 19.3 Å². The van der Waals surface area contributed by atoms with Crippen LogP contribution in [0.2, 0.25) is 0 Å². The summed E-state index contributed by atoms with van der Waals surface area (Å²) in [7, 11) is 0. The minimum atomic E-state index is -0.168. The summed E-state index contributed by atoms with van der Waals surface area (Å²) in [6.45, 7) is 4.78. The summed E-state index contributed by atoms with van der Waals surface area (Å²) in [4.78, 5) is 2.42. The van der Waals surface area contributed by atoms with Gasteiger partial charge in [-0.05, 0) is 88.0 Å². The summed E-state index contributed by atoms with van der Waals surface area (Å²) in [5.74, 6) is 0. The fraction of sp³-hybridized carbons (Fsp3) is 0.0526. The molecule has 288 valence electrons. The van der Waals surface area contributed by atoms with Crippen molar-refractivity contribution in [3.05, 3.63) is 199 Å². The van der Waals surface area contributed by atoms with Crippen molar-refractivity contribution in [3.63, 3.8) is 0 Å². The fourth-order valence-electron chi connectivity index (χ4n) is 10.1. The van der Waals surface area contributed by atoms with Gasteiger partial charge in [0.1, 0.15) is 11.2 Å². The molecular weight excluding hydrogens is 779 g/mol. The molecule has 0 atom stereocenters. The number of hydrogen-bond acceptors (Lipinski definition) is 4. The van der Waals surface area contributed by atoms with E-state index in [2.05, 4.69) is 201 Å². The number of hydrogen-bond donors (Lipinski definition) is 0. The zero-order valence-corrected chi connectivity index (χ0v) is 35.2. The number of fused-ring (bicyclic) bond motifs is 13. The largest absolute Gasteiger partial charge is 0.455 e.